The highest BCUT2D eigenvalue weighted by Crippen LogP contribution is 2.28. The molecule has 0 fully saturated rings. The van der Waals surface area contributed by atoms with Gasteiger partial charge < -0.3 is 15.5 Å². The second-order valence-electron chi connectivity index (χ2n) is 7.29. The number of nitrogens with zero attached hydrogens (tertiary/aromatic N) is 3. The van der Waals surface area contributed by atoms with Crippen LogP contribution in [0.25, 0.3) is 0 Å². The molecule has 0 bridgehead atoms. The van der Waals surface area contributed by atoms with E-state index in [1.165, 1.54) is 13.0 Å². The predicted molar refractivity (Wildman–Crippen MR) is 120 cm³/mol. The lowest BCUT2D eigenvalue weighted by atomic mass is 10.00. The number of benzene rings is 2. The third-order valence-corrected chi connectivity index (χ3v) is 5.69. The monoisotopic (exact) mass is 428 g/mol. The Balaban J connectivity index is 1.97. The fourth-order valence-corrected chi connectivity index (χ4v) is 3.73. The highest BCUT2D eigenvalue weighted by molar-refractivity contribution is 7.81. The number of thiol groups is 1. The molecule has 8 heteroatoms. The minimum absolute atomic E-state index is 0.115. The number of aliphatic imine (C=N–C) groups is 1. The normalized spacial score (nSPS) is 16.9. The fraction of sp³-hybridized carbons (Fsp3) is 0.318. The third kappa shape index (κ3) is 4.64. The first-order chi connectivity index (χ1) is 14.3. The van der Waals surface area contributed by atoms with Gasteiger partial charge in [-0.05, 0) is 18.2 Å². The molecule has 30 heavy (non-hydrogen) atoms. The van der Waals surface area contributed by atoms with E-state index in [0.29, 0.717) is 24.4 Å². The van der Waals surface area contributed by atoms with E-state index in [2.05, 4.69) is 12.6 Å². The van der Waals surface area contributed by atoms with Crippen LogP contribution in [0.4, 0.5) is 10.1 Å². The zero-order chi connectivity index (χ0) is 21.8. The van der Waals surface area contributed by atoms with Gasteiger partial charge in [-0.25, -0.2) is 4.39 Å². The maximum Gasteiger partial charge on any atom is 0.232 e. The van der Waals surface area contributed by atoms with Crippen molar-refractivity contribution in [1.29, 1.82) is 0 Å². The number of halogens is 1. The van der Waals surface area contributed by atoms with Crippen LogP contribution in [-0.4, -0.2) is 60.4 Å². The average Bonchev–Trinajstić information content (AvgIpc) is 2.85. The molecule has 0 radical (unpaired) electrons. The van der Waals surface area contributed by atoms with Gasteiger partial charge in [-0.15, -0.1) is 0 Å². The molecule has 0 spiro atoms. The Kier molecular flexibility index (Phi) is 6.77. The number of likely N-dealkylation sites (N-methyl/N-ethyl adjacent to an activating group) is 1. The largest absolute Gasteiger partial charge is 0.369 e. The highest BCUT2D eigenvalue weighted by Gasteiger charge is 2.28. The Morgan fingerprint density at radius 2 is 1.87 bits per heavy atom. The van der Waals surface area contributed by atoms with Gasteiger partial charge in [0, 0.05) is 43.9 Å². The minimum atomic E-state index is -0.755. The summed E-state index contributed by atoms with van der Waals surface area (Å²) in [6, 6.07) is 14.1. The molecule has 0 aromatic heterocycles. The van der Waals surface area contributed by atoms with Crippen LogP contribution >= 0.6 is 12.6 Å². The highest BCUT2D eigenvalue weighted by atomic mass is 32.1. The van der Waals surface area contributed by atoms with Crippen LogP contribution in [0.3, 0.4) is 0 Å². The number of nitrogens with two attached hydrogens (primary N) is 1. The number of amides is 2. The molecule has 0 saturated heterocycles. The summed E-state index contributed by atoms with van der Waals surface area (Å²) in [5.41, 5.74) is 8.04. The Morgan fingerprint density at radius 1 is 1.23 bits per heavy atom. The first-order valence-electron chi connectivity index (χ1n) is 9.64. The molecule has 2 unspecified atom stereocenters. The van der Waals surface area contributed by atoms with E-state index in [0.717, 1.165) is 11.3 Å². The lowest BCUT2D eigenvalue weighted by Crippen LogP contribution is -2.48. The Hall–Kier alpha value is -2.87. The molecule has 0 aliphatic carbocycles. The zero-order valence-electron chi connectivity index (χ0n) is 17.0. The van der Waals surface area contributed by atoms with E-state index in [1.54, 1.807) is 23.1 Å². The SMILES string of the molecule is CC(=O)N(CC(S)C(N)=O)CC1CN=C(c2ccccc2F)c2ccccc2N1C. The maximum atomic E-state index is 14.5. The number of fused-ring (bicyclic) bond motifs is 1. The molecule has 2 N–H and O–H groups in total. The number of hydrogen-bond donors (Lipinski definition) is 2. The summed E-state index contributed by atoms with van der Waals surface area (Å²) in [5, 5.41) is -0.755. The molecule has 2 aromatic rings. The van der Waals surface area contributed by atoms with Crippen LogP contribution in [0.15, 0.2) is 53.5 Å². The van der Waals surface area contributed by atoms with E-state index in [-0.39, 0.29) is 24.3 Å². The first-order valence-corrected chi connectivity index (χ1v) is 10.2. The van der Waals surface area contributed by atoms with Crippen molar-refractivity contribution in [1.82, 2.24) is 4.90 Å². The smallest absolute Gasteiger partial charge is 0.232 e. The van der Waals surface area contributed by atoms with Crippen molar-refractivity contribution in [3.8, 4) is 0 Å². The molecule has 158 valence electrons. The number of benzodiazepines with no additional fused rings is 1. The van der Waals surface area contributed by atoms with Crippen LogP contribution in [0.5, 0.6) is 0 Å². The van der Waals surface area contributed by atoms with E-state index in [9.17, 15) is 14.0 Å². The van der Waals surface area contributed by atoms with Crippen molar-refractivity contribution in [2.45, 2.75) is 18.2 Å². The first kappa shape index (κ1) is 21.8. The number of hydrogen-bond acceptors (Lipinski definition) is 5. The predicted octanol–water partition coefficient (Wildman–Crippen LogP) is 2.11. The van der Waals surface area contributed by atoms with Crippen molar-refractivity contribution in [2.75, 3.05) is 31.6 Å². The van der Waals surface area contributed by atoms with E-state index < -0.39 is 11.2 Å². The Labute approximate surface area is 181 Å². The number of carbonyl (C=O) groups is 2. The van der Waals surface area contributed by atoms with Gasteiger partial charge in [0.1, 0.15) is 5.82 Å². The van der Waals surface area contributed by atoms with Crippen molar-refractivity contribution in [3.05, 3.63) is 65.5 Å². The van der Waals surface area contributed by atoms with Crippen molar-refractivity contribution in [2.24, 2.45) is 10.7 Å². The third-order valence-electron chi connectivity index (χ3n) is 5.27. The van der Waals surface area contributed by atoms with E-state index >= 15 is 0 Å². The lowest BCUT2D eigenvalue weighted by molar-refractivity contribution is -0.129. The Bertz CT molecular complexity index is 981. The van der Waals surface area contributed by atoms with Crippen molar-refractivity contribution in [3.63, 3.8) is 0 Å². The standard InChI is InChI=1S/C22H25FN4O2S/c1-14(28)27(13-20(30)22(24)29)12-15-11-25-21(16-7-3-5-9-18(16)23)17-8-4-6-10-19(17)26(15)2/h3-10,15,20,30H,11-13H2,1-2H3,(H2,24,29). The van der Waals surface area contributed by atoms with E-state index in [1.807, 2.05) is 36.2 Å². The Morgan fingerprint density at radius 3 is 2.50 bits per heavy atom. The van der Waals surface area contributed by atoms with Crippen LogP contribution in [0, 0.1) is 5.82 Å². The molecule has 2 amide bonds. The van der Waals surface area contributed by atoms with Crippen LogP contribution in [0.2, 0.25) is 0 Å². The second-order valence-corrected chi connectivity index (χ2v) is 7.92. The summed E-state index contributed by atoms with van der Waals surface area (Å²) in [5.74, 6) is -1.10. The van der Waals surface area contributed by atoms with Gasteiger partial charge in [0.05, 0.1) is 23.5 Å². The zero-order valence-corrected chi connectivity index (χ0v) is 17.8. The molecule has 1 heterocycles. The quantitative estimate of drug-likeness (QED) is 0.692. The number of para-hydroxylation sites is 1. The van der Waals surface area contributed by atoms with Crippen molar-refractivity contribution >= 4 is 35.8 Å². The average molecular weight is 429 g/mol. The van der Waals surface area contributed by atoms with Gasteiger partial charge in [-0.1, -0.05) is 30.3 Å². The topological polar surface area (TPSA) is 79.0 Å². The molecule has 0 saturated carbocycles. The summed E-state index contributed by atoms with van der Waals surface area (Å²) in [7, 11) is 1.92. The van der Waals surface area contributed by atoms with Crippen LogP contribution in [-0.2, 0) is 9.59 Å². The summed E-state index contributed by atoms with van der Waals surface area (Å²) in [6.07, 6.45) is 0. The molecule has 1 aliphatic heterocycles. The van der Waals surface area contributed by atoms with Gasteiger partial charge in [0.15, 0.2) is 0 Å². The maximum absolute atomic E-state index is 14.5. The molecular weight excluding hydrogens is 403 g/mol. The van der Waals surface area contributed by atoms with Crippen molar-refractivity contribution < 1.29 is 14.0 Å². The number of carbonyl (C=O) groups excluding carboxylic acids is 2. The number of anilines is 1. The number of rotatable bonds is 6. The molecule has 2 atom stereocenters. The molecular formula is C22H25FN4O2S. The number of primary amides is 1. The fourth-order valence-electron chi connectivity index (χ4n) is 3.53. The van der Waals surface area contributed by atoms with Gasteiger partial charge in [-0.2, -0.15) is 12.6 Å². The van der Waals surface area contributed by atoms with Gasteiger partial charge in [-0.3, -0.25) is 14.6 Å². The summed E-state index contributed by atoms with van der Waals surface area (Å²) in [4.78, 5) is 31.9. The molecule has 3 rings (SSSR count). The summed E-state index contributed by atoms with van der Waals surface area (Å²) >= 11 is 4.19. The second kappa shape index (κ2) is 9.30. The molecule has 6 nitrogen and oxygen atoms in total. The van der Waals surface area contributed by atoms with E-state index in [4.69, 9.17) is 10.7 Å². The summed E-state index contributed by atoms with van der Waals surface area (Å²) in [6.45, 7) is 2.24. The lowest BCUT2D eigenvalue weighted by Gasteiger charge is -2.33. The van der Waals surface area contributed by atoms with Gasteiger partial charge in [0.2, 0.25) is 11.8 Å². The van der Waals surface area contributed by atoms with Gasteiger partial charge >= 0.3 is 0 Å². The minimum Gasteiger partial charge on any atom is -0.369 e. The van der Waals surface area contributed by atoms with Crippen LogP contribution in [0.1, 0.15) is 18.1 Å². The molecule has 1 aliphatic rings. The van der Waals surface area contributed by atoms with Gasteiger partial charge in [0.25, 0.3) is 0 Å². The molecule has 2 aromatic carbocycles. The van der Waals surface area contributed by atoms with Crippen LogP contribution < -0.4 is 10.6 Å². The summed E-state index contributed by atoms with van der Waals surface area (Å²) < 4.78 is 14.5.